The van der Waals surface area contributed by atoms with E-state index in [1.165, 1.54) is 30.1 Å². The molecule has 2 amide bonds. The highest BCUT2D eigenvalue weighted by Crippen LogP contribution is 2.31. The van der Waals surface area contributed by atoms with E-state index in [0.717, 1.165) is 35.2 Å². The predicted molar refractivity (Wildman–Crippen MR) is 108 cm³/mol. The molecular formula is C17H15F3N6O3S2. The summed E-state index contributed by atoms with van der Waals surface area (Å²) in [7, 11) is 3.03. The summed E-state index contributed by atoms with van der Waals surface area (Å²) in [4.78, 5) is 24.4. The van der Waals surface area contributed by atoms with E-state index in [9.17, 15) is 22.8 Å². The smallest absolute Gasteiger partial charge is 0.416 e. The van der Waals surface area contributed by atoms with Crippen LogP contribution in [0.2, 0.25) is 0 Å². The van der Waals surface area contributed by atoms with Crippen LogP contribution < -0.4 is 15.4 Å². The summed E-state index contributed by atoms with van der Waals surface area (Å²) in [5, 5.41) is 16.9. The molecule has 0 spiro atoms. The van der Waals surface area contributed by atoms with Gasteiger partial charge in [-0.1, -0.05) is 29.2 Å². The summed E-state index contributed by atoms with van der Waals surface area (Å²) in [5.41, 5.74) is -0.598. The number of aryl methyl sites for hydroxylation is 1. The van der Waals surface area contributed by atoms with Crippen molar-refractivity contribution in [1.82, 2.24) is 20.0 Å². The minimum absolute atomic E-state index is 0.0380. The number of ether oxygens (including phenoxy) is 1. The van der Waals surface area contributed by atoms with Crippen molar-refractivity contribution in [2.75, 3.05) is 23.5 Å². The summed E-state index contributed by atoms with van der Waals surface area (Å²) in [6.45, 7) is 0. The molecule has 0 saturated carbocycles. The van der Waals surface area contributed by atoms with Gasteiger partial charge in [-0.3, -0.25) is 19.6 Å². The number of hydrogen-bond acceptors (Lipinski definition) is 8. The van der Waals surface area contributed by atoms with Crippen LogP contribution in [0.5, 0.6) is 5.88 Å². The third-order valence-corrected chi connectivity index (χ3v) is 5.63. The van der Waals surface area contributed by atoms with Crippen LogP contribution in [0, 0.1) is 0 Å². The Morgan fingerprint density at radius 3 is 2.74 bits per heavy atom. The number of carbonyl (C=O) groups is 2. The standard InChI is InChI=1S/C17H15F3N6O3S2/c1-26-7-11(14(25-26)29-2)13(28)22-15-23-24-16(31-15)30-8-12(27)21-10-5-3-4-9(6-10)17(18,19)20/h3-7H,8H2,1-2H3,(H,21,27)(H,22,23,28). The normalized spacial score (nSPS) is 11.3. The molecular weight excluding hydrogens is 457 g/mol. The molecule has 0 atom stereocenters. The highest BCUT2D eigenvalue weighted by atomic mass is 32.2. The maximum Gasteiger partial charge on any atom is 0.416 e. The molecule has 0 unspecified atom stereocenters. The molecule has 0 radical (unpaired) electrons. The summed E-state index contributed by atoms with van der Waals surface area (Å²) in [5.74, 6) is -0.939. The van der Waals surface area contributed by atoms with Gasteiger partial charge in [0.2, 0.25) is 16.9 Å². The molecule has 0 saturated heterocycles. The highest BCUT2D eigenvalue weighted by molar-refractivity contribution is 8.01. The third kappa shape index (κ3) is 5.95. The Bertz CT molecular complexity index is 1100. The largest absolute Gasteiger partial charge is 0.479 e. The van der Waals surface area contributed by atoms with Gasteiger partial charge in [-0.25, -0.2) is 0 Å². The Balaban J connectivity index is 1.54. The number of hydrogen-bond donors (Lipinski definition) is 2. The van der Waals surface area contributed by atoms with E-state index in [0.29, 0.717) is 4.34 Å². The molecule has 2 N–H and O–H groups in total. The number of benzene rings is 1. The van der Waals surface area contributed by atoms with Crippen molar-refractivity contribution >= 4 is 45.7 Å². The van der Waals surface area contributed by atoms with Crippen LogP contribution in [0.4, 0.5) is 24.0 Å². The lowest BCUT2D eigenvalue weighted by Gasteiger charge is -2.09. The molecule has 9 nitrogen and oxygen atoms in total. The van der Waals surface area contributed by atoms with Crippen LogP contribution in [0.15, 0.2) is 34.8 Å². The fourth-order valence-corrected chi connectivity index (χ4v) is 3.90. The van der Waals surface area contributed by atoms with Crippen molar-refractivity contribution in [3.8, 4) is 5.88 Å². The van der Waals surface area contributed by atoms with Crippen LogP contribution in [-0.2, 0) is 18.0 Å². The van der Waals surface area contributed by atoms with E-state index >= 15 is 0 Å². The Morgan fingerprint density at radius 1 is 1.26 bits per heavy atom. The molecule has 2 aromatic heterocycles. The zero-order chi connectivity index (χ0) is 22.6. The first-order valence-electron chi connectivity index (χ1n) is 8.48. The lowest BCUT2D eigenvalue weighted by Crippen LogP contribution is -2.15. The second-order valence-electron chi connectivity index (χ2n) is 5.97. The maximum atomic E-state index is 12.7. The van der Waals surface area contributed by atoms with Gasteiger partial charge in [0.1, 0.15) is 5.56 Å². The summed E-state index contributed by atoms with van der Waals surface area (Å²) < 4.78 is 45.1. The molecule has 0 aliphatic carbocycles. The fraction of sp³-hybridized carbons (Fsp3) is 0.235. The lowest BCUT2D eigenvalue weighted by molar-refractivity contribution is -0.137. The van der Waals surface area contributed by atoms with Crippen molar-refractivity contribution in [3.05, 3.63) is 41.6 Å². The van der Waals surface area contributed by atoms with Crippen LogP contribution in [0.1, 0.15) is 15.9 Å². The van der Waals surface area contributed by atoms with Crippen molar-refractivity contribution in [1.29, 1.82) is 0 Å². The number of carbonyl (C=O) groups excluding carboxylic acids is 2. The maximum absolute atomic E-state index is 12.7. The number of aromatic nitrogens is 4. The van der Waals surface area contributed by atoms with Gasteiger partial charge in [0, 0.05) is 18.9 Å². The molecule has 0 aliphatic rings. The van der Waals surface area contributed by atoms with Gasteiger partial charge in [0.25, 0.3) is 5.91 Å². The summed E-state index contributed by atoms with van der Waals surface area (Å²) in [6.07, 6.45) is -3.01. The molecule has 14 heteroatoms. The Hall–Kier alpha value is -3.13. The average molecular weight is 472 g/mol. The molecule has 2 heterocycles. The van der Waals surface area contributed by atoms with Crippen molar-refractivity contribution in [2.24, 2.45) is 7.05 Å². The number of amides is 2. The molecule has 164 valence electrons. The van der Waals surface area contributed by atoms with E-state index in [-0.39, 0.29) is 28.0 Å². The Labute approximate surface area is 182 Å². The zero-order valence-corrected chi connectivity index (χ0v) is 17.7. The molecule has 0 aliphatic heterocycles. The number of methoxy groups -OCH3 is 1. The topological polar surface area (TPSA) is 111 Å². The van der Waals surface area contributed by atoms with Gasteiger partial charge in [0.05, 0.1) is 18.4 Å². The molecule has 31 heavy (non-hydrogen) atoms. The number of nitrogens with one attached hydrogen (secondary N) is 2. The Kier molecular flexibility index (Phi) is 6.80. The predicted octanol–water partition coefficient (Wildman–Crippen LogP) is 3.28. The highest BCUT2D eigenvalue weighted by Gasteiger charge is 2.30. The van der Waals surface area contributed by atoms with Gasteiger partial charge in [-0.2, -0.15) is 13.2 Å². The van der Waals surface area contributed by atoms with Crippen LogP contribution >= 0.6 is 23.1 Å². The van der Waals surface area contributed by atoms with Gasteiger partial charge in [-0.05, 0) is 18.2 Å². The van der Waals surface area contributed by atoms with Gasteiger partial charge >= 0.3 is 6.18 Å². The second kappa shape index (κ2) is 9.34. The van der Waals surface area contributed by atoms with Crippen molar-refractivity contribution in [3.63, 3.8) is 0 Å². The quantitative estimate of drug-likeness (QED) is 0.401. The second-order valence-corrected chi connectivity index (χ2v) is 8.17. The monoisotopic (exact) mass is 472 g/mol. The number of anilines is 2. The van der Waals surface area contributed by atoms with Crippen molar-refractivity contribution < 1.29 is 27.5 Å². The SMILES string of the molecule is COc1nn(C)cc1C(=O)Nc1nnc(SCC(=O)Nc2cccc(C(F)(F)F)c2)s1. The number of halogens is 3. The van der Waals surface area contributed by atoms with E-state index in [2.05, 4.69) is 25.9 Å². The van der Waals surface area contributed by atoms with E-state index in [1.54, 1.807) is 7.05 Å². The van der Waals surface area contributed by atoms with E-state index in [4.69, 9.17) is 4.74 Å². The van der Waals surface area contributed by atoms with Gasteiger partial charge < -0.3 is 10.1 Å². The number of thioether (sulfide) groups is 1. The molecule has 0 bridgehead atoms. The van der Waals surface area contributed by atoms with Gasteiger partial charge in [-0.15, -0.1) is 15.3 Å². The molecule has 0 fully saturated rings. The van der Waals surface area contributed by atoms with Crippen molar-refractivity contribution in [2.45, 2.75) is 10.5 Å². The fourth-order valence-electron chi connectivity index (χ4n) is 2.36. The first-order chi connectivity index (χ1) is 14.7. The first-order valence-corrected chi connectivity index (χ1v) is 10.3. The minimum Gasteiger partial charge on any atom is -0.479 e. The van der Waals surface area contributed by atoms with E-state index < -0.39 is 23.6 Å². The number of nitrogens with zero attached hydrogens (tertiary/aromatic N) is 4. The third-order valence-electron chi connectivity index (χ3n) is 3.66. The van der Waals surface area contributed by atoms with E-state index in [1.807, 2.05) is 0 Å². The average Bonchev–Trinajstić information content (AvgIpc) is 3.32. The van der Waals surface area contributed by atoms with Gasteiger partial charge in [0.15, 0.2) is 4.34 Å². The zero-order valence-electron chi connectivity index (χ0n) is 16.1. The lowest BCUT2D eigenvalue weighted by atomic mass is 10.2. The summed E-state index contributed by atoms with van der Waals surface area (Å²) in [6, 6.07) is 4.35. The number of rotatable bonds is 7. The van der Waals surface area contributed by atoms with Crippen LogP contribution in [0.25, 0.3) is 0 Å². The number of alkyl halides is 3. The molecule has 3 rings (SSSR count). The first kappa shape index (κ1) is 22.6. The summed E-state index contributed by atoms with van der Waals surface area (Å²) >= 11 is 2.07. The molecule has 1 aromatic carbocycles. The molecule has 3 aromatic rings. The Morgan fingerprint density at radius 2 is 2.03 bits per heavy atom. The minimum atomic E-state index is -4.50. The van der Waals surface area contributed by atoms with Crippen LogP contribution in [-0.4, -0.2) is 44.7 Å². The van der Waals surface area contributed by atoms with Crippen LogP contribution in [0.3, 0.4) is 0 Å².